The van der Waals surface area contributed by atoms with Gasteiger partial charge in [0.15, 0.2) is 10.7 Å². The molecule has 0 bridgehead atoms. The zero-order valence-electron chi connectivity index (χ0n) is 4.51. The summed E-state index contributed by atoms with van der Waals surface area (Å²) in [4.78, 5) is 0. The van der Waals surface area contributed by atoms with Crippen LogP contribution in [0.15, 0.2) is 0 Å². The van der Waals surface area contributed by atoms with Gasteiger partial charge in [0.2, 0.25) is 0 Å². The van der Waals surface area contributed by atoms with Crippen molar-refractivity contribution in [2.75, 3.05) is 11.9 Å². The van der Waals surface area contributed by atoms with Crippen molar-refractivity contribution in [1.82, 2.24) is 5.32 Å². The predicted octanol–water partition coefficient (Wildman–Crippen LogP) is -0.0514. The van der Waals surface area contributed by atoms with Crippen molar-refractivity contribution in [2.24, 2.45) is 0 Å². The average molecular weight is 192 g/mol. The number of rotatable bonds is 4. The smallest absolute Gasteiger partial charge is 0.157 e. The van der Waals surface area contributed by atoms with Gasteiger partial charge < -0.3 is 0 Å². The Kier molecular flexibility index (Phi) is 5.58. The van der Waals surface area contributed by atoms with Crippen LogP contribution in [0, 0.1) is 0 Å². The Morgan fingerprint density at radius 3 is 2.11 bits per heavy atom. The highest BCUT2D eigenvalue weighted by atomic mass is 35.5. The molecule has 0 aromatic heterocycles. The molecule has 0 saturated heterocycles. The Hall–Kier alpha value is 0.490. The molecule has 0 saturated carbocycles. The van der Waals surface area contributed by atoms with Crippen LogP contribution in [-0.2, 0) is 10.7 Å². The number of alkyl halides is 2. The molecule has 0 fully saturated rings. The molecule has 0 amide bonds. The number of hydrogen-bond acceptors (Lipinski definition) is 3. The first-order valence-corrected chi connectivity index (χ1v) is 4.52. The van der Waals surface area contributed by atoms with E-state index in [9.17, 15) is 8.42 Å². The van der Waals surface area contributed by atoms with Gasteiger partial charge in [0.05, 0.1) is 11.9 Å². The van der Waals surface area contributed by atoms with Crippen LogP contribution in [0.1, 0.15) is 0 Å². The molecule has 0 rings (SSSR count). The maximum absolute atomic E-state index is 10.2. The number of thiol groups is 1. The maximum Gasteiger partial charge on any atom is 0.157 e. The third-order valence-electron chi connectivity index (χ3n) is 0.713. The number of halogens is 2. The minimum atomic E-state index is -2.50. The van der Waals surface area contributed by atoms with E-state index in [1.165, 1.54) is 0 Å². The summed E-state index contributed by atoms with van der Waals surface area (Å²) < 4.78 is 20.3. The van der Waals surface area contributed by atoms with E-state index in [2.05, 4.69) is 5.32 Å². The minimum Gasteiger partial charge on any atom is -0.287 e. The molecule has 0 aromatic carbocycles. The van der Waals surface area contributed by atoms with E-state index in [4.69, 9.17) is 23.2 Å². The third kappa shape index (κ3) is 3.97. The van der Waals surface area contributed by atoms with E-state index >= 15 is 0 Å². The van der Waals surface area contributed by atoms with Crippen LogP contribution in [-0.4, -0.2) is 25.7 Å². The lowest BCUT2D eigenvalue weighted by Crippen LogP contribution is -2.30. The van der Waals surface area contributed by atoms with Crippen molar-refractivity contribution in [3.63, 3.8) is 0 Å². The topological polar surface area (TPSA) is 46.2 Å². The zero-order chi connectivity index (χ0) is 7.28. The molecule has 0 radical (unpaired) electrons. The van der Waals surface area contributed by atoms with E-state index in [-0.39, 0.29) is 11.9 Å². The highest BCUT2D eigenvalue weighted by Gasteiger charge is 2.06. The second-order valence-corrected chi connectivity index (χ2v) is 3.06. The van der Waals surface area contributed by atoms with E-state index in [0.29, 0.717) is 0 Å². The Bertz CT molecular complexity index is 130. The monoisotopic (exact) mass is 191 g/mol. The molecular weight excluding hydrogens is 185 g/mol. The van der Waals surface area contributed by atoms with Gasteiger partial charge >= 0.3 is 0 Å². The van der Waals surface area contributed by atoms with Gasteiger partial charge in [-0.1, -0.05) is 0 Å². The Morgan fingerprint density at radius 2 is 2.00 bits per heavy atom. The van der Waals surface area contributed by atoms with Crippen LogP contribution < -0.4 is 5.32 Å². The summed E-state index contributed by atoms with van der Waals surface area (Å²) in [7, 11) is -2.50. The fourth-order valence-electron chi connectivity index (χ4n) is 0.274. The minimum absolute atomic E-state index is 0.0332. The van der Waals surface area contributed by atoms with Crippen LogP contribution in [0.3, 0.4) is 0 Å². The fourth-order valence-corrected chi connectivity index (χ4v) is 1.37. The van der Waals surface area contributed by atoms with E-state index in [1.807, 2.05) is 0 Å². The van der Waals surface area contributed by atoms with E-state index in [1.54, 1.807) is 0 Å². The van der Waals surface area contributed by atoms with Gasteiger partial charge in [0, 0.05) is 0 Å². The molecule has 1 N–H and O–H groups in total. The summed E-state index contributed by atoms with van der Waals surface area (Å²) in [6.45, 7) is 0. The maximum atomic E-state index is 10.2. The molecule has 0 aromatic rings. The number of hydrogen-bond donors (Lipinski definition) is 2. The standard InChI is InChI=1S/C3H7Cl2NO2S/c4-1-3(6-2-5)9(7)8/h3,6,9H,1-2H2. The van der Waals surface area contributed by atoms with Gasteiger partial charge in [-0.15, -0.1) is 23.2 Å². The quantitative estimate of drug-likeness (QED) is 0.373. The van der Waals surface area contributed by atoms with Crippen LogP contribution in [0.5, 0.6) is 0 Å². The Labute approximate surface area is 65.3 Å². The highest BCUT2D eigenvalue weighted by Crippen LogP contribution is 1.88. The second kappa shape index (κ2) is 5.29. The molecule has 0 aliphatic carbocycles. The summed E-state index contributed by atoms with van der Waals surface area (Å²) in [5.41, 5.74) is 0. The van der Waals surface area contributed by atoms with Crippen molar-refractivity contribution in [3.05, 3.63) is 0 Å². The van der Waals surface area contributed by atoms with Crippen molar-refractivity contribution >= 4 is 33.9 Å². The summed E-state index contributed by atoms with van der Waals surface area (Å²) in [6, 6.07) is 0.0979. The van der Waals surface area contributed by atoms with Gasteiger partial charge in [0.25, 0.3) is 0 Å². The predicted molar refractivity (Wildman–Crippen MR) is 38.7 cm³/mol. The molecular formula is C3H7Cl2NO2S. The average Bonchev–Trinajstić information content (AvgIpc) is 1.82. The van der Waals surface area contributed by atoms with Crippen LogP contribution in [0.2, 0.25) is 0 Å². The lowest BCUT2D eigenvalue weighted by Gasteiger charge is -2.03. The second-order valence-electron chi connectivity index (χ2n) is 1.29. The highest BCUT2D eigenvalue weighted by molar-refractivity contribution is 7.73. The fraction of sp³-hybridized carbons (Fsp3) is 1.00. The van der Waals surface area contributed by atoms with Gasteiger partial charge in [-0.05, 0) is 0 Å². The van der Waals surface area contributed by atoms with Crippen LogP contribution in [0.25, 0.3) is 0 Å². The number of nitrogens with one attached hydrogen (secondary N) is 1. The molecule has 3 nitrogen and oxygen atoms in total. The molecule has 0 heterocycles. The van der Waals surface area contributed by atoms with E-state index < -0.39 is 16.1 Å². The summed E-state index contributed by atoms with van der Waals surface area (Å²) >= 11 is 10.4. The third-order valence-corrected chi connectivity index (χ3v) is 2.27. The Balaban J connectivity index is 3.68. The van der Waals surface area contributed by atoms with Crippen molar-refractivity contribution < 1.29 is 8.42 Å². The molecule has 0 aliphatic rings. The van der Waals surface area contributed by atoms with Crippen LogP contribution >= 0.6 is 23.2 Å². The van der Waals surface area contributed by atoms with Crippen molar-refractivity contribution in [1.29, 1.82) is 0 Å². The van der Waals surface area contributed by atoms with Gasteiger partial charge in [-0.3, -0.25) is 5.32 Å². The molecule has 9 heavy (non-hydrogen) atoms. The van der Waals surface area contributed by atoms with E-state index in [0.717, 1.165) is 0 Å². The summed E-state index contributed by atoms with van der Waals surface area (Å²) in [5, 5.41) is 1.77. The first-order valence-electron chi connectivity index (χ1n) is 2.21. The summed E-state index contributed by atoms with van der Waals surface area (Å²) in [5.74, 6) is 0.0332. The first-order chi connectivity index (χ1) is 4.22. The molecule has 1 unspecified atom stereocenters. The molecule has 0 spiro atoms. The molecule has 56 valence electrons. The lowest BCUT2D eigenvalue weighted by molar-refractivity contribution is 0.592. The van der Waals surface area contributed by atoms with Gasteiger partial charge in [0.1, 0.15) is 5.37 Å². The SMILES string of the molecule is O=[SH](=O)C(CCl)NCCl. The summed E-state index contributed by atoms with van der Waals surface area (Å²) in [6.07, 6.45) is 0. The first kappa shape index (κ1) is 9.49. The molecule has 1 atom stereocenters. The van der Waals surface area contributed by atoms with Crippen molar-refractivity contribution in [2.45, 2.75) is 5.37 Å². The van der Waals surface area contributed by atoms with Crippen molar-refractivity contribution in [3.8, 4) is 0 Å². The Morgan fingerprint density at radius 1 is 1.44 bits per heavy atom. The normalized spacial score (nSPS) is 14.1. The zero-order valence-corrected chi connectivity index (χ0v) is 6.92. The largest absolute Gasteiger partial charge is 0.287 e. The molecule has 0 aliphatic heterocycles. The molecule has 6 heteroatoms. The lowest BCUT2D eigenvalue weighted by atomic mass is 10.7. The van der Waals surface area contributed by atoms with Gasteiger partial charge in [-0.2, -0.15) is 0 Å². The van der Waals surface area contributed by atoms with Crippen LogP contribution in [0.4, 0.5) is 0 Å². The van der Waals surface area contributed by atoms with Gasteiger partial charge in [-0.25, -0.2) is 8.42 Å².